The van der Waals surface area contributed by atoms with Crippen LogP contribution in [0.2, 0.25) is 0 Å². The molecule has 2 rings (SSSR count). The molecule has 0 aromatic heterocycles. The highest BCUT2D eigenvalue weighted by Gasteiger charge is 2.27. The first-order valence-corrected chi connectivity index (χ1v) is 4.04. The lowest BCUT2D eigenvalue weighted by Gasteiger charge is -1.76. The van der Waals surface area contributed by atoms with E-state index in [0.717, 1.165) is 13.2 Å². The lowest BCUT2D eigenvalue weighted by Crippen LogP contribution is -1.74. The molecule has 0 aromatic carbocycles. The van der Waals surface area contributed by atoms with Crippen LogP contribution in [0.3, 0.4) is 0 Å². The van der Waals surface area contributed by atoms with Crippen LogP contribution in [0.15, 0.2) is 0 Å². The van der Waals surface area contributed by atoms with E-state index < -0.39 is 0 Å². The third kappa shape index (κ3) is 3.18. The van der Waals surface area contributed by atoms with Gasteiger partial charge in [0.05, 0.1) is 12.2 Å². The van der Waals surface area contributed by atoms with Crippen LogP contribution in [0.25, 0.3) is 0 Å². The topological polar surface area (TPSA) is 21.8 Å². The van der Waals surface area contributed by atoms with Crippen LogP contribution in [-0.4, -0.2) is 25.4 Å². The van der Waals surface area contributed by atoms with Gasteiger partial charge in [-0.25, -0.2) is 0 Å². The molecule has 60 valence electrons. The van der Waals surface area contributed by atoms with Crippen molar-refractivity contribution in [1.29, 1.82) is 0 Å². The Hall–Kier alpha value is -0.0800. The van der Waals surface area contributed by atoms with Crippen LogP contribution < -0.4 is 0 Å². The average Bonchev–Trinajstić information content (AvgIpc) is 2.40. The van der Waals surface area contributed by atoms with Crippen LogP contribution in [0.5, 0.6) is 0 Å². The molecular weight excluding hydrogens is 128 g/mol. The van der Waals surface area contributed by atoms with E-state index in [4.69, 9.17) is 9.47 Å². The third-order valence-corrected chi connectivity index (χ3v) is 1.84. The second-order valence-electron chi connectivity index (χ2n) is 2.87. The standard InChI is InChI=1S/2C4H8O/c1-3-4(2)5-3;1-2-4-5-3-1/h3-4H,1-2H3;1-4H2. The average molecular weight is 144 g/mol. The SMILES string of the molecule is C1CCOC1.CC1OC1C. The van der Waals surface area contributed by atoms with E-state index in [0.29, 0.717) is 12.2 Å². The van der Waals surface area contributed by atoms with Gasteiger partial charge in [0, 0.05) is 13.2 Å². The Labute approximate surface area is 62.5 Å². The maximum absolute atomic E-state index is 4.94. The van der Waals surface area contributed by atoms with Crippen molar-refractivity contribution in [2.24, 2.45) is 0 Å². The molecule has 0 amide bonds. The summed E-state index contributed by atoms with van der Waals surface area (Å²) in [5.41, 5.74) is 0. The predicted molar refractivity (Wildman–Crippen MR) is 40.1 cm³/mol. The quantitative estimate of drug-likeness (QED) is 0.481. The second-order valence-corrected chi connectivity index (χ2v) is 2.87. The van der Waals surface area contributed by atoms with Crippen LogP contribution in [0, 0.1) is 0 Å². The van der Waals surface area contributed by atoms with E-state index >= 15 is 0 Å². The number of rotatable bonds is 0. The first-order valence-electron chi connectivity index (χ1n) is 4.04. The summed E-state index contributed by atoms with van der Waals surface area (Å²) in [6.45, 7) is 6.15. The Balaban J connectivity index is 0.0000001000. The highest BCUT2D eigenvalue weighted by Crippen LogP contribution is 2.18. The summed E-state index contributed by atoms with van der Waals surface area (Å²) in [6.07, 6.45) is 3.66. The molecule has 2 aliphatic heterocycles. The summed E-state index contributed by atoms with van der Waals surface area (Å²) in [5, 5.41) is 0. The van der Waals surface area contributed by atoms with Crippen molar-refractivity contribution in [2.75, 3.05) is 13.2 Å². The van der Waals surface area contributed by atoms with Gasteiger partial charge in [-0.15, -0.1) is 0 Å². The number of epoxide rings is 1. The normalized spacial score (nSPS) is 36.6. The minimum atomic E-state index is 0.551. The number of hydrogen-bond donors (Lipinski definition) is 0. The van der Waals surface area contributed by atoms with Crippen molar-refractivity contribution >= 4 is 0 Å². The first-order chi connectivity index (χ1) is 4.80. The summed E-state index contributed by atoms with van der Waals surface area (Å²) in [5.74, 6) is 0. The second kappa shape index (κ2) is 3.94. The molecule has 0 saturated carbocycles. The van der Waals surface area contributed by atoms with E-state index in [9.17, 15) is 0 Å². The van der Waals surface area contributed by atoms with Crippen LogP contribution in [-0.2, 0) is 9.47 Å². The number of ether oxygens (including phenoxy) is 2. The molecule has 0 radical (unpaired) electrons. The van der Waals surface area contributed by atoms with Crippen LogP contribution in [0.4, 0.5) is 0 Å². The van der Waals surface area contributed by atoms with Gasteiger partial charge in [-0.05, 0) is 26.7 Å². The maximum Gasteiger partial charge on any atom is 0.0811 e. The third-order valence-electron chi connectivity index (χ3n) is 1.84. The summed E-state index contributed by atoms with van der Waals surface area (Å²) in [4.78, 5) is 0. The molecule has 2 unspecified atom stereocenters. The highest BCUT2D eigenvalue weighted by molar-refractivity contribution is 4.73. The van der Waals surface area contributed by atoms with Gasteiger partial charge in [0.25, 0.3) is 0 Å². The van der Waals surface area contributed by atoms with E-state index in [1.54, 1.807) is 0 Å². The minimum absolute atomic E-state index is 0.551. The van der Waals surface area contributed by atoms with E-state index in [-0.39, 0.29) is 0 Å². The monoisotopic (exact) mass is 144 g/mol. The smallest absolute Gasteiger partial charge is 0.0811 e. The number of hydrogen-bond acceptors (Lipinski definition) is 2. The van der Waals surface area contributed by atoms with E-state index in [1.807, 2.05) is 0 Å². The van der Waals surface area contributed by atoms with Gasteiger partial charge in [-0.1, -0.05) is 0 Å². The van der Waals surface area contributed by atoms with Gasteiger partial charge < -0.3 is 9.47 Å². The van der Waals surface area contributed by atoms with Crippen molar-refractivity contribution in [3.8, 4) is 0 Å². The molecule has 10 heavy (non-hydrogen) atoms. The Morgan fingerprint density at radius 3 is 1.50 bits per heavy atom. The fourth-order valence-corrected chi connectivity index (χ4v) is 0.804. The molecule has 2 aliphatic rings. The first kappa shape index (κ1) is 8.02. The van der Waals surface area contributed by atoms with Gasteiger partial charge in [0.15, 0.2) is 0 Å². The fourth-order valence-electron chi connectivity index (χ4n) is 0.804. The largest absolute Gasteiger partial charge is 0.381 e. The zero-order valence-corrected chi connectivity index (χ0v) is 6.80. The summed E-state index contributed by atoms with van der Waals surface area (Å²) < 4.78 is 9.86. The molecule has 2 nitrogen and oxygen atoms in total. The van der Waals surface area contributed by atoms with Gasteiger partial charge in [-0.2, -0.15) is 0 Å². The zero-order chi connectivity index (χ0) is 7.40. The van der Waals surface area contributed by atoms with Crippen molar-refractivity contribution in [2.45, 2.75) is 38.9 Å². The van der Waals surface area contributed by atoms with Gasteiger partial charge >= 0.3 is 0 Å². The minimum Gasteiger partial charge on any atom is -0.381 e. The molecule has 0 aromatic rings. The van der Waals surface area contributed by atoms with E-state index in [1.165, 1.54) is 12.8 Å². The molecule has 2 heterocycles. The van der Waals surface area contributed by atoms with Crippen molar-refractivity contribution in [3.05, 3.63) is 0 Å². The van der Waals surface area contributed by atoms with Gasteiger partial charge in [0.2, 0.25) is 0 Å². The molecule has 0 spiro atoms. The predicted octanol–water partition coefficient (Wildman–Crippen LogP) is 1.59. The zero-order valence-electron chi connectivity index (χ0n) is 6.80. The summed E-state index contributed by atoms with van der Waals surface area (Å²) in [6, 6.07) is 0. The molecule has 2 fully saturated rings. The Morgan fingerprint density at radius 1 is 1.00 bits per heavy atom. The molecular formula is C8H16O2. The highest BCUT2D eigenvalue weighted by atomic mass is 16.6. The van der Waals surface area contributed by atoms with Crippen molar-refractivity contribution < 1.29 is 9.47 Å². The molecule has 0 N–H and O–H groups in total. The Morgan fingerprint density at radius 2 is 1.40 bits per heavy atom. The molecule has 0 aliphatic carbocycles. The summed E-state index contributed by atoms with van der Waals surface area (Å²) in [7, 11) is 0. The van der Waals surface area contributed by atoms with Gasteiger partial charge in [-0.3, -0.25) is 0 Å². The fraction of sp³-hybridized carbons (Fsp3) is 1.00. The molecule has 2 atom stereocenters. The Kier molecular flexibility index (Phi) is 3.16. The van der Waals surface area contributed by atoms with Crippen molar-refractivity contribution in [1.82, 2.24) is 0 Å². The van der Waals surface area contributed by atoms with Crippen LogP contribution in [0.1, 0.15) is 26.7 Å². The molecule has 2 saturated heterocycles. The Bertz CT molecular complexity index is 75.6. The van der Waals surface area contributed by atoms with Crippen LogP contribution >= 0.6 is 0 Å². The molecule has 2 heteroatoms. The van der Waals surface area contributed by atoms with Crippen molar-refractivity contribution in [3.63, 3.8) is 0 Å². The van der Waals surface area contributed by atoms with Gasteiger partial charge in [0.1, 0.15) is 0 Å². The lowest BCUT2D eigenvalue weighted by molar-refractivity contribution is 0.198. The summed E-state index contributed by atoms with van der Waals surface area (Å²) >= 11 is 0. The maximum atomic E-state index is 4.94. The molecule has 0 bridgehead atoms. The lowest BCUT2D eigenvalue weighted by atomic mass is 10.4. The van der Waals surface area contributed by atoms with E-state index in [2.05, 4.69) is 13.8 Å².